The van der Waals surface area contributed by atoms with Gasteiger partial charge >= 0.3 is 5.69 Å². The number of amides is 1. The molecule has 1 N–H and O–H groups in total. The third-order valence-corrected chi connectivity index (χ3v) is 5.60. The molecule has 1 aromatic carbocycles. The van der Waals surface area contributed by atoms with Crippen LogP contribution >= 0.6 is 0 Å². The molecule has 0 atom stereocenters. The average molecular weight is 431 g/mol. The van der Waals surface area contributed by atoms with Gasteiger partial charge in [-0.25, -0.2) is 9.48 Å². The van der Waals surface area contributed by atoms with Crippen LogP contribution in [-0.2, 0) is 12.1 Å². The van der Waals surface area contributed by atoms with Crippen molar-refractivity contribution < 1.29 is 4.79 Å². The summed E-state index contributed by atoms with van der Waals surface area (Å²) in [6.07, 6.45) is 3.96. The Morgan fingerprint density at radius 1 is 1.09 bits per heavy atom. The van der Waals surface area contributed by atoms with Crippen molar-refractivity contribution in [2.75, 3.05) is 5.32 Å². The standard InChI is InChI=1S/C24H26N6O2/c1-24(2,3)30-20(14-19(26-30)17-10-11-17)22(31)25-18-8-6-7-16(13-18)15-29-23(32)28-12-5-4-9-21(28)27-29/h4-9,12-14,17H,10-11,15H2,1-3H3,(H,25,31). The van der Waals surface area contributed by atoms with Crippen molar-refractivity contribution in [3.63, 3.8) is 0 Å². The van der Waals surface area contributed by atoms with Crippen LogP contribution in [0.4, 0.5) is 5.69 Å². The maximum Gasteiger partial charge on any atom is 0.350 e. The first-order chi connectivity index (χ1) is 15.3. The molecule has 0 aliphatic heterocycles. The van der Waals surface area contributed by atoms with E-state index in [4.69, 9.17) is 5.10 Å². The lowest BCUT2D eigenvalue weighted by Gasteiger charge is -2.22. The second kappa shape index (κ2) is 7.47. The summed E-state index contributed by atoms with van der Waals surface area (Å²) >= 11 is 0. The number of anilines is 1. The molecule has 164 valence electrons. The largest absolute Gasteiger partial charge is 0.350 e. The quantitative estimate of drug-likeness (QED) is 0.524. The zero-order valence-electron chi connectivity index (χ0n) is 18.4. The minimum Gasteiger partial charge on any atom is -0.321 e. The van der Waals surface area contributed by atoms with Crippen LogP contribution in [0, 0.1) is 0 Å². The van der Waals surface area contributed by atoms with Crippen LogP contribution in [0.3, 0.4) is 0 Å². The van der Waals surface area contributed by atoms with Crippen molar-refractivity contribution in [3.05, 3.63) is 82.2 Å². The number of carbonyl (C=O) groups excluding carboxylic acids is 1. The topological polar surface area (TPSA) is 86.2 Å². The number of carbonyl (C=O) groups is 1. The summed E-state index contributed by atoms with van der Waals surface area (Å²) in [7, 11) is 0. The second-order valence-electron chi connectivity index (χ2n) is 9.33. The summed E-state index contributed by atoms with van der Waals surface area (Å²) in [6.45, 7) is 6.44. The van der Waals surface area contributed by atoms with E-state index in [0.717, 1.165) is 24.1 Å². The number of hydrogen-bond donors (Lipinski definition) is 1. The highest BCUT2D eigenvalue weighted by Gasteiger charge is 2.31. The lowest BCUT2D eigenvalue weighted by atomic mass is 10.1. The number of pyridine rings is 1. The van der Waals surface area contributed by atoms with Gasteiger partial charge in [-0.3, -0.25) is 13.9 Å². The van der Waals surface area contributed by atoms with E-state index in [1.807, 2.05) is 61.9 Å². The fourth-order valence-corrected chi connectivity index (χ4v) is 3.84. The van der Waals surface area contributed by atoms with Crippen LogP contribution in [0.1, 0.15) is 61.3 Å². The Balaban J connectivity index is 1.39. The molecule has 0 radical (unpaired) electrons. The average Bonchev–Trinajstić information content (AvgIpc) is 3.41. The highest BCUT2D eigenvalue weighted by atomic mass is 16.2. The van der Waals surface area contributed by atoms with Gasteiger partial charge in [-0.2, -0.15) is 5.10 Å². The van der Waals surface area contributed by atoms with Gasteiger partial charge in [0.15, 0.2) is 5.65 Å². The Kier molecular flexibility index (Phi) is 4.73. The van der Waals surface area contributed by atoms with E-state index in [9.17, 15) is 9.59 Å². The summed E-state index contributed by atoms with van der Waals surface area (Å²) in [5, 5.41) is 12.1. The van der Waals surface area contributed by atoms with E-state index in [2.05, 4.69) is 10.4 Å². The zero-order valence-corrected chi connectivity index (χ0v) is 18.4. The molecule has 0 unspecified atom stereocenters. The molecular formula is C24H26N6O2. The molecule has 1 aliphatic carbocycles. The Bertz CT molecular complexity index is 1370. The first-order valence-electron chi connectivity index (χ1n) is 10.8. The normalized spacial score (nSPS) is 14.1. The molecule has 8 heteroatoms. The SMILES string of the molecule is CC(C)(C)n1nc(C2CC2)cc1C(=O)Nc1cccc(Cn2nc3ccccn3c2=O)c1. The molecule has 1 aliphatic rings. The van der Waals surface area contributed by atoms with Gasteiger partial charge < -0.3 is 5.32 Å². The van der Waals surface area contributed by atoms with E-state index in [-0.39, 0.29) is 17.1 Å². The lowest BCUT2D eigenvalue weighted by molar-refractivity contribution is 0.100. The van der Waals surface area contributed by atoms with Crippen LogP contribution in [0.25, 0.3) is 5.65 Å². The van der Waals surface area contributed by atoms with Gasteiger partial charge in [-0.15, -0.1) is 5.10 Å². The van der Waals surface area contributed by atoms with Crippen molar-refractivity contribution >= 4 is 17.2 Å². The molecule has 4 aromatic rings. The molecule has 1 saturated carbocycles. The number of aromatic nitrogens is 5. The molecule has 0 saturated heterocycles. The number of fused-ring (bicyclic) bond motifs is 1. The van der Waals surface area contributed by atoms with Gasteiger partial charge in [0.05, 0.1) is 17.8 Å². The molecule has 0 bridgehead atoms. The van der Waals surface area contributed by atoms with Crippen molar-refractivity contribution in [1.29, 1.82) is 0 Å². The van der Waals surface area contributed by atoms with Gasteiger partial charge in [0, 0.05) is 17.8 Å². The van der Waals surface area contributed by atoms with E-state index >= 15 is 0 Å². The number of hydrogen-bond acceptors (Lipinski definition) is 4. The van der Waals surface area contributed by atoms with Crippen LogP contribution in [-0.4, -0.2) is 29.9 Å². The van der Waals surface area contributed by atoms with Crippen molar-refractivity contribution in [1.82, 2.24) is 24.0 Å². The third kappa shape index (κ3) is 3.84. The van der Waals surface area contributed by atoms with Crippen LogP contribution in [0.2, 0.25) is 0 Å². The Hall–Kier alpha value is -3.68. The summed E-state index contributed by atoms with van der Waals surface area (Å²) in [5.41, 5.74) is 3.19. The van der Waals surface area contributed by atoms with Crippen molar-refractivity contribution in [2.24, 2.45) is 0 Å². The van der Waals surface area contributed by atoms with Crippen molar-refractivity contribution in [3.8, 4) is 0 Å². The van der Waals surface area contributed by atoms with Gasteiger partial charge in [0.25, 0.3) is 5.91 Å². The molecular weight excluding hydrogens is 404 g/mol. The molecule has 8 nitrogen and oxygen atoms in total. The molecule has 1 amide bonds. The lowest BCUT2D eigenvalue weighted by Crippen LogP contribution is -2.29. The number of nitrogens with one attached hydrogen (secondary N) is 1. The van der Waals surface area contributed by atoms with Gasteiger partial charge in [0.2, 0.25) is 0 Å². The Morgan fingerprint density at radius 2 is 1.91 bits per heavy atom. The van der Waals surface area contributed by atoms with E-state index in [1.165, 1.54) is 9.08 Å². The van der Waals surface area contributed by atoms with Gasteiger partial charge in [-0.1, -0.05) is 18.2 Å². The molecule has 5 rings (SSSR count). The Morgan fingerprint density at radius 3 is 2.62 bits per heavy atom. The van der Waals surface area contributed by atoms with Gasteiger partial charge in [-0.05, 0) is 69.5 Å². The predicted molar refractivity (Wildman–Crippen MR) is 122 cm³/mol. The number of nitrogens with zero attached hydrogens (tertiary/aromatic N) is 5. The smallest absolute Gasteiger partial charge is 0.321 e. The minimum absolute atomic E-state index is 0.193. The minimum atomic E-state index is -0.300. The number of benzene rings is 1. The zero-order chi connectivity index (χ0) is 22.5. The summed E-state index contributed by atoms with van der Waals surface area (Å²) in [6, 6.07) is 14.8. The van der Waals surface area contributed by atoms with E-state index in [1.54, 1.807) is 18.3 Å². The monoisotopic (exact) mass is 430 g/mol. The number of rotatable bonds is 5. The fourth-order valence-electron chi connectivity index (χ4n) is 3.84. The highest BCUT2D eigenvalue weighted by molar-refractivity contribution is 6.03. The fraction of sp³-hybridized carbons (Fsp3) is 0.333. The van der Waals surface area contributed by atoms with Crippen molar-refractivity contribution in [2.45, 2.75) is 51.6 Å². The molecule has 3 aromatic heterocycles. The first-order valence-corrected chi connectivity index (χ1v) is 10.8. The maximum absolute atomic E-state index is 13.1. The second-order valence-corrected chi connectivity index (χ2v) is 9.33. The third-order valence-electron chi connectivity index (χ3n) is 5.60. The van der Waals surface area contributed by atoms with Crippen LogP contribution < -0.4 is 11.0 Å². The maximum atomic E-state index is 13.1. The summed E-state index contributed by atoms with van der Waals surface area (Å²) in [4.78, 5) is 25.7. The summed E-state index contributed by atoms with van der Waals surface area (Å²) < 4.78 is 4.75. The van der Waals surface area contributed by atoms with Gasteiger partial charge in [0.1, 0.15) is 5.69 Å². The van der Waals surface area contributed by atoms with Crippen LogP contribution in [0.15, 0.2) is 59.5 Å². The first kappa shape index (κ1) is 20.2. The highest BCUT2D eigenvalue weighted by Crippen LogP contribution is 2.40. The summed E-state index contributed by atoms with van der Waals surface area (Å²) in [5.74, 6) is 0.276. The molecule has 32 heavy (non-hydrogen) atoms. The Labute approximate surface area is 185 Å². The van der Waals surface area contributed by atoms with Crippen LogP contribution in [0.5, 0.6) is 0 Å². The molecule has 1 fully saturated rings. The molecule has 3 heterocycles. The predicted octanol–water partition coefficient (Wildman–Crippen LogP) is 3.63. The molecule has 0 spiro atoms. The van der Waals surface area contributed by atoms with E-state index in [0.29, 0.717) is 29.5 Å². The van der Waals surface area contributed by atoms with E-state index < -0.39 is 0 Å².